The maximum absolute atomic E-state index is 12.3. The van der Waals surface area contributed by atoms with Gasteiger partial charge in [-0.25, -0.2) is 0 Å². The highest BCUT2D eigenvalue weighted by molar-refractivity contribution is 5.91. The normalized spacial score (nSPS) is 13.6. The number of H-pyrrole nitrogens is 1. The van der Waals surface area contributed by atoms with Crippen LogP contribution in [-0.4, -0.2) is 41.3 Å². The van der Waals surface area contributed by atoms with E-state index in [1.807, 2.05) is 18.2 Å². The minimum absolute atomic E-state index is 0.109. The van der Waals surface area contributed by atoms with Crippen LogP contribution >= 0.6 is 0 Å². The van der Waals surface area contributed by atoms with Crippen LogP contribution in [0, 0.1) is 0 Å². The molecule has 0 fully saturated rings. The van der Waals surface area contributed by atoms with E-state index in [9.17, 15) is 4.79 Å². The third-order valence-electron chi connectivity index (χ3n) is 4.95. The summed E-state index contributed by atoms with van der Waals surface area (Å²) >= 11 is 0. The number of anilines is 1. The molecular formula is C22H24N4O3. The van der Waals surface area contributed by atoms with Gasteiger partial charge < -0.3 is 14.8 Å². The summed E-state index contributed by atoms with van der Waals surface area (Å²) in [7, 11) is 1.57. The third-order valence-corrected chi connectivity index (χ3v) is 4.95. The lowest BCUT2D eigenvalue weighted by atomic mass is 10.1. The van der Waals surface area contributed by atoms with Gasteiger partial charge in [-0.2, -0.15) is 5.10 Å². The fraction of sp³-hybridized carbons (Fsp3) is 0.273. The van der Waals surface area contributed by atoms with Crippen molar-refractivity contribution in [3.05, 3.63) is 71.4 Å². The zero-order chi connectivity index (χ0) is 20.1. The monoisotopic (exact) mass is 392 g/mol. The number of carbonyl (C=O) groups excluding carboxylic acids is 1. The molecule has 2 aromatic carbocycles. The second-order valence-corrected chi connectivity index (χ2v) is 6.96. The molecule has 1 aromatic heterocycles. The summed E-state index contributed by atoms with van der Waals surface area (Å²) in [5.74, 6) is 1.46. The van der Waals surface area contributed by atoms with E-state index in [0.717, 1.165) is 37.3 Å². The van der Waals surface area contributed by atoms with Crippen LogP contribution in [0.4, 0.5) is 5.82 Å². The first-order valence-corrected chi connectivity index (χ1v) is 9.61. The van der Waals surface area contributed by atoms with E-state index in [1.54, 1.807) is 19.2 Å². The first-order valence-electron chi connectivity index (χ1n) is 9.61. The van der Waals surface area contributed by atoms with Gasteiger partial charge in [0.1, 0.15) is 0 Å². The predicted molar refractivity (Wildman–Crippen MR) is 110 cm³/mol. The van der Waals surface area contributed by atoms with Crippen molar-refractivity contribution in [1.82, 2.24) is 15.1 Å². The molecule has 7 nitrogen and oxygen atoms in total. The lowest BCUT2D eigenvalue weighted by molar-refractivity contribution is -0.118. The molecule has 0 atom stereocenters. The molecule has 0 spiro atoms. The molecule has 0 saturated heterocycles. The first-order chi connectivity index (χ1) is 14.2. The number of nitrogens with zero attached hydrogens (tertiary/aromatic N) is 2. The van der Waals surface area contributed by atoms with E-state index < -0.39 is 0 Å². The number of methoxy groups -OCH3 is 1. The van der Waals surface area contributed by atoms with Gasteiger partial charge in [-0.1, -0.05) is 42.5 Å². The Morgan fingerprint density at radius 1 is 1.14 bits per heavy atom. The molecule has 0 radical (unpaired) electrons. The number of benzene rings is 2. The number of nitrogens with one attached hydrogen (secondary N) is 2. The lowest BCUT2D eigenvalue weighted by Gasteiger charge is -2.26. The largest absolute Gasteiger partial charge is 0.493 e. The third kappa shape index (κ3) is 4.57. The Balaban J connectivity index is 1.34. The summed E-state index contributed by atoms with van der Waals surface area (Å²) < 4.78 is 10.8. The Morgan fingerprint density at radius 2 is 1.90 bits per heavy atom. The van der Waals surface area contributed by atoms with Crippen LogP contribution in [0.5, 0.6) is 11.5 Å². The number of amides is 1. The van der Waals surface area contributed by atoms with Crippen LogP contribution in [0.3, 0.4) is 0 Å². The highest BCUT2D eigenvalue weighted by atomic mass is 16.5. The highest BCUT2D eigenvalue weighted by Gasteiger charge is 2.23. The molecule has 0 aliphatic carbocycles. The minimum Gasteiger partial charge on any atom is -0.493 e. The van der Waals surface area contributed by atoms with E-state index in [2.05, 4.69) is 44.7 Å². The molecule has 3 aromatic rings. The van der Waals surface area contributed by atoms with Crippen molar-refractivity contribution in [2.24, 2.45) is 0 Å². The van der Waals surface area contributed by atoms with Crippen LogP contribution in [0.25, 0.3) is 0 Å². The van der Waals surface area contributed by atoms with E-state index in [1.165, 1.54) is 5.56 Å². The van der Waals surface area contributed by atoms with Crippen LogP contribution in [0.1, 0.15) is 16.8 Å². The molecule has 0 saturated carbocycles. The average molecular weight is 392 g/mol. The van der Waals surface area contributed by atoms with Gasteiger partial charge in [0, 0.05) is 25.2 Å². The Labute approximate surface area is 169 Å². The molecule has 7 heteroatoms. The average Bonchev–Trinajstić information content (AvgIpc) is 3.15. The molecule has 4 rings (SSSR count). The van der Waals surface area contributed by atoms with Crippen molar-refractivity contribution in [2.75, 3.05) is 25.6 Å². The van der Waals surface area contributed by atoms with Gasteiger partial charge in [-0.05, 0) is 24.1 Å². The maximum Gasteiger partial charge on any atom is 0.263 e. The first kappa shape index (κ1) is 19.0. The number of carbonyl (C=O) groups is 1. The second kappa shape index (κ2) is 8.79. The van der Waals surface area contributed by atoms with Crippen LogP contribution in [0.2, 0.25) is 0 Å². The molecule has 1 aliphatic heterocycles. The SMILES string of the molecule is COc1ccccc1OCC(=O)Nc1n[nH]c2c1CCN(Cc1ccccc1)C2. The second-order valence-electron chi connectivity index (χ2n) is 6.96. The summed E-state index contributed by atoms with van der Waals surface area (Å²) in [6.45, 7) is 2.49. The lowest BCUT2D eigenvalue weighted by Crippen LogP contribution is -2.30. The molecule has 2 heterocycles. The summed E-state index contributed by atoms with van der Waals surface area (Å²) in [4.78, 5) is 14.7. The van der Waals surface area contributed by atoms with Gasteiger partial charge in [-0.3, -0.25) is 14.8 Å². The van der Waals surface area contributed by atoms with E-state index >= 15 is 0 Å². The topological polar surface area (TPSA) is 79.5 Å². The fourth-order valence-corrected chi connectivity index (χ4v) is 3.50. The molecule has 2 N–H and O–H groups in total. The van der Waals surface area contributed by atoms with E-state index in [0.29, 0.717) is 17.3 Å². The minimum atomic E-state index is -0.253. The fourth-order valence-electron chi connectivity index (χ4n) is 3.50. The van der Waals surface area contributed by atoms with Crippen molar-refractivity contribution in [2.45, 2.75) is 19.5 Å². The van der Waals surface area contributed by atoms with Gasteiger partial charge >= 0.3 is 0 Å². The summed E-state index contributed by atoms with van der Waals surface area (Å²) in [5.41, 5.74) is 3.41. The Hall–Kier alpha value is -3.32. The van der Waals surface area contributed by atoms with Crippen molar-refractivity contribution in [3.63, 3.8) is 0 Å². The number of aromatic nitrogens is 2. The summed E-state index contributed by atoms with van der Waals surface area (Å²) in [5, 5.41) is 10.2. The Kier molecular flexibility index (Phi) is 5.76. The van der Waals surface area contributed by atoms with Crippen molar-refractivity contribution in [1.29, 1.82) is 0 Å². The molecule has 29 heavy (non-hydrogen) atoms. The van der Waals surface area contributed by atoms with Gasteiger partial charge in [0.2, 0.25) is 0 Å². The standard InChI is InChI=1S/C22H24N4O3/c1-28-19-9-5-6-10-20(19)29-15-21(27)23-22-17-11-12-26(14-18(17)24-25-22)13-16-7-3-2-4-8-16/h2-10H,11-15H2,1H3,(H2,23,24,25,27). The Bertz CT molecular complexity index is 971. The van der Waals surface area contributed by atoms with Gasteiger partial charge in [0.15, 0.2) is 23.9 Å². The summed E-state index contributed by atoms with van der Waals surface area (Å²) in [6.07, 6.45) is 0.835. The predicted octanol–water partition coefficient (Wildman–Crippen LogP) is 2.99. The van der Waals surface area contributed by atoms with Crippen LogP contribution in [0.15, 0.2) is 54.6 Å². The van der Waals surface area contributed by atoms with Crippen LogP contribution in [-0.2, 0) is 24.3 Å². The number of hydrogen-bond donors (Lipinski definition) is 2. The van der Waals surface area contributed by atoms with Crippen LogP contribution < -0.4 is 14.8 Å². The van der Waals surface area contributed by atoms with Gasteiger partial charge in [0.05, 0.1) is 12.8 Å². The maximum atomic E-state index is 12.3. The number of para-hydroxylation sites is 2. The van der Waals surface area contributed by atoms with E-state index in [-0.39, 0.29) is 12.5 Å². The number of hydrogen-bond acceptors (Lipinski definition) is 5. The zero-order valence-electron chi connectivity index (χ0n) is 16.4. The Morgan fingerprint density at radius 3 is 2.69 bits per heavy atom. The summed E-state index contributed by atoms with van der Waals surface area (Å²) in [6, 6.07) is 17.7. The van der Waals surface area contributed by atoms with Gasteiger partial charge in [0.25, 0.3) is 5.91 Å². The highest BCUT2D eigenvalue weighted by Crippen LogP contribution is 2.26. The quantitative estimate of drug-likeness (QED) is 0.646. The molecule has 1 amide bonds. The number of aromatic amines is 1. The molecule has 150 valence electrons. The number of ether oxygens (including phenoxy) is 2. The molecule has 0 unspecified atom stereocenters. The van der Waals surface area contributed by atoms with Crippen molar-refractivity contribution < 1.29 is 14.3 Å². The smallest absolute Gasteiger partial charge is 0.263 e. The number of rotatable bonds is 7. The van der Waals surface area contributed by atoms with E-state index in [4.69, 9.17) is 9.47 Å². The van der Waals surface area contributed by atoms with Crippen molar-refractivity contribution in [3.8, 4) is 11.5 Å². The molecule has 0 bridgehead atoms. The molecular weight excluding hydrogens is 368 g/mol. The van der Waals surface area contributed by atoms with Crippen molar-refractivity contribution >= 4 is 11.7 Å². The van der Waals surface area contributed by atoms with Gasteiger partial charge in [-0.15, -0.1) is 0 Å². The molecule has 1 aliphatic rings. The number of fused-ring (bicyclic) bond motifs is 1. The zero-order valence-corrected chi connectivity index (χ0v) is 16.4.